The van der Waals surface area contributed by atoms with E-state index in [2.05, 4.69) is 17.2 Å². The average molecular weight is 224 g/mol. The predicted octanol–water partition coefficient (Wildman–Crippen LogP) is 2.21. The number of aromatic nitrogens is 2. The summed E-state index contributed by atoms with van der Waals surface area (Å²) in [6.45, 7) is 3.48. The fourth-order valence-corrected chi connectivity index (χ4v) is 2.00. The van der Waals surface area contributed by atoms with Crippen LogP contribution in [0.4, 0.5) is 0 Å². The van der Waals surface area contributed by atoms with Crippen LogP contribution >= 0.6 is 11.6 Å². The molecule has 2 aromatic rings. The minimum Gasteiger partial charge on any atom is -0.330 e. The molecule has 0 amide bonds. The standard InChI is InChI=1S/C11H14ClN3/c1-2-15-11(12)9-4-3-8(5-6-13)7-10(9)14-15/h3-4,7H,2,5-6,13H2,1H3. The second kappa shape index (κ2) is 4.21. The van der Waals surface area contributed by atoms with E-state index in [-0.39, 0.29) is 0 Å². The van der Waals surface area contributed by atoms with E-state index in [1.807, 2.05) is 13.0 Å². The van der Waals surface area contributed by atoms with Gasteiger partial charge in [0.15, 0.2) is 0 Å². The third kappa shape index (κ3) is 1.85. The van der Waals surface area contributed by atoms with Crippen LogP contribution in [-0.4, -0.2) is 16.3 Å². The number of nitrogens with zero attached hydrogens (tertiary/aromatic N) is 2. The van der Waals surface area contributed by atoms with E-state index in [0.717, 1.165) is 23.9 Å². The molecule has 0 radical (unpaired) electrons. The molecule has 1 aromatic carbocycles. The van der Waals surface area contributed by atoms with E-state index in [1.54, 1.807) is 4.68 Å². The van der Waals surface area contributed by atoms with Gasteiger partial charge >= 0.3 is 0 Å². The van der Waals surface area contributed by atoms with Crippen LogP contribution in [0.15, 0.2) is 18.2 Å². The summed E-state index contributed by atoms with van der Waals surface area (Å²) < 4.78 is 1.80. The van der Waals surface area contributed by atoms with Crippen molar-refractivity contribution in [3.8, 4) is 0 Å². The van der Waals surface area contributed by atoms with Crippen molar-refractivity contribution in [2.24, 2.45) is 5.73 Å². The number of nitrogens with two attached hydrogens (primary N) is 1. The third-order valence-corrected chi connectivity index (χ3v) is 2.87. The number of hydrogen-bond donors (Lipinski definition) is 1. The van der Waals surface area contributed by atoms with Crippen molar-refractivity contribution in [1.82, 2.24) is 9.78 Å². The van der Waals surface area contributed by atoms with Gasteiger partial charge in [0.25, 0.3) is 0 Å². The normalized spacial score (nSPS) is 11.1. The highest BCUT2D eigenvalue weighted by Gasteiger charge is 2.07. The van der Waals surface area contributed by atoms with Gasteiger partial charge in [-0.05, 0) is 37.6 Å². The van der Waals surface area contributed by atoms with E-state index >= 15 is 0 Å². The molecule has 0 atom stereocenters. The summed E-state index contributed by atoms with van der Waals surface area (Å²) in [6, 6.07) is 6.13. The lowest BCUT2D eigenvalue weighted by atomic mass is 10.1. The van der Waals surface area contributed by atoms with E-state index in [9.17, 15) is 0 Å². The number of halogens is 1. The lowest BCUT2D eigenvalue weighted by Gasteiger charge is -1.97. The minimum absolute atomic E-state index is 0.660. The molecule has 0 aliphatic heterocycles. The van der Waals surface area contributed by atoms with Crippen LogP contribution in [0.1, 0.15) is 12.5 Å². The van der Waals surface area contributed by atoms with E-state index < -0.39 is 0 Å². The third-order valence-electron chi connectivity index (χ3n) is 2.47. The maximum atomic E-state index is 6.16. The Morgan fingerprint density at radius 3 is 2.93 bits per heavy atom. The number of aryl methyl sites for hydroxylation is 1. The summed E-state index contributed by atoms with van der Waals surface area (Å²) in [6.07, 6.45) is 0.881. The molecule has 2 rings (SSSR count). The lowest BCUT2D eigenvalue weighted by molar-refractivity contribution is 0.669. The lowest BCUT2D eigenvalue weighted by Crippen LogP contribution is -2.02. The second-order valence-corrected chi connectivity index (χ2v) is 3.85. The van der Waals surface area contributed by atoms with Crippen LogP contribution in [0.3, 0.4) is 0 Å². The molecule has 1 heterocycles. The van der Waals surface area contributed by atoms with E-state index in [1.165, 1.54) is 5.56 Å². The summed E-state index contributed by atoms with van der Waals surface area (Å²) in [5.74, 6) is 0. The molecule has 2 N–H and O–H groups in total. The molecule has 0 unspecified atom stereocenters. The molecular formula is C11H14ClN3. The van der Waals surface area contributed by atoms with Gasteiger partial charge in [-0.3, -0.25) is 4.68 Å². The Balaban J connectivity index is 2.53. The Morgan fingerprint density at radius 2 is 2.27 bits per heavy atom. The zero-order valence-corrected chi connectivity index (χ0v) is 9.46. The van der Waals surface area contributed by atoms with Gasteiger partial charge < -0.3 is 5.73 Å². The number of hydrogen-bond acceptors (Lipinski definition) is 2. The van der Waals surface area contributed by atoms with Gasteiger partial charge in [0.1, 0.15) is 5.15 Å². The van der Waals surface area contributed by atoms with Crippen LogP contribution in [0.2, 0.25) is 5.15 Å². The summed E-state index contributed by atoms with van der Waals surface area (Å²) in [4.78, 5) is 0. The van der Waals surface area contributed by atoms with Gasteiger partial charge in [0, 0.05) is 11.9 Å². The SMILES string of the molecule is CCn1nc2cc(CCN)ccc2c1Cl. The average Bonchev–Trinajstić information content (AvgIpc) is 2.56. The monoisotopic (exact) mass is 223 g/mol. The number of benzene rings is 1. The largest absolute Gasteiger partial charge is 0.330 e. The molecule has 15 heavy (non-hydrogen) atoms. The maximum absolute atomic E-state index is 6.16. The van der Waals surface area contributed by atoms with Gasteiger partial charge in [-0.15, -0.1) is 0 Å². The molecule has 4 heteroatoms. The van der Waals surface area contributed by atoms with Gasteiger partial charge in [-0.1, -0.05) is 17.7 Å². The highest BCUT2D eigenvalue weighted by atomic mass is 35.5. The first-order valence-corrected chi connectivity index (χ1v) is 5.49. The molecule has 0 saturated carbocycles. The zero-order valence-electron chi connectivity index (χ0n) is 8.70. The second-order valence-electron chi connectivity index (χ2n) is 3.50. The Morgan fingerprint density at radius 1 is 1.47 bits per heavy atom. The van der Waals surface area contributed by atoms with Crippen molar-refractivity contribution >= 4 is 22.5 Å². The van der Waals surface area contributed by atoms with Crippen molar-refractivity contribution < 1.29 is 0 Å². The van der Waals surface area contributed by atoms with Crippen LogP contribution in [0.5, 0.6) is 0 Å². The van der Waals surface area contributed by atoms with Gasteiger partial charge in [0.2, 0.25) is 0 Å². The summed E-state index contributed by atoms with van der Waals surface area (Å²) in [5.41, 5.74) is 7.68. The topological polar surface area (TPSA) is 43.8 Å². The molecule has 3 nitrogen and oxygen atoms in total. The van der Waals surface area contributed by atoms with Gasteiger partial charge in [0.05, 0.1) is 5.52 Å². The van der Waals surface area contributed by atoms with Crippen molar-refractivity contribution in [3.05, 3.63) is 28.9 Å². The van der Waals surface area contributed by atoms with Crippen LogP contribution in [0.25, 0.3) is 10.9 Å². The van der Waals surface area contributed by atoms with E-state index in [0.29, 0.717) is 11.7 Å². The molecule has 0 aliphatic rings. The van der Waals surface area contributed by atoms with Crippen molar-refractivity contribution in [1.29, 1.82) is 0 Å². The van der Waals surface area contributed by atoms with Crippen LogP contribution < -0.4 is 5.73 Å². The molecule has 80 valence electrons. The summed E-state index contributed by atoms with van der Waals surface area (Å²) in [7, 11) is 0. The fourth-order valence-electron chi connectivity index (χ4n) is 1.68. The quantitative estimate of drug-likeness (QED) is 0.867. The first-order valence-electron chi connectivity index (χ1n) is 5.11. The van der Waals surface area contributed by atoms with Crippen LogP contribution in [-0.2, 0) is 13.0 Å². The van der Waals surface area contributed by atoms with Gasteiger partial charge in [-0.25, -0.2) is 0 Å². The smallest absolute Gasteiger partial charge is 0.134 e. The minimum atomic E-state index is 0.660. The Labute approximate surface area is 93.8 Å². The predicted molar refractivity (Wildman–Crippen MR) is 63.2 cm³/mol. The molecule has 0 saturated heterocycles. The first-order chi connectivity index (χ1) is 7.26. The van der Waals surface area contributed by atoms with Crippen molar-refractivity contribution in [3.63, 3.8) is 0 Å². The first kappa shape index (κ1) is 10.5. The highest BCUT2D eigenvalue weighted by molar-refractivity contribution is 6.34. The zero-order chi connectivity index (χ0) is 10.8. The maximum Gasteiger partial charge on any atom is 0.134 e. The summed E-state index contributed by atoms with van der Waals surface area (Å²) in [5, 5.41) is 6.15. The number of rotatable bonds is 3. The molecule has 1 aromatic heterocycles. The molecule has 0 aliphatic carbocycles. The highest BCUT2D eigenvalue weighted by Crippen LogP contribution is 2.24. The fraction of sp³-hybridized carbons (Fsp3) is 0.364. The summed E-state index contributed by atoms with van der Waals surface area (Å²) >= 11 is 6.16. The van der Waals surface area contributed by atoms with E-state index in [4.69, 9.17) is 17.3 Å². The van der Waals surface area contributed by atoms with Crippen LogP contribution in [0, 0.1) is 0 Å². The molecule has 0 spiro atoms. The Bertz CT molecular complexity index is 476. The molecule has 0 fully saturated rings. The number of fused-ring (bicyclic) bond motifs is 1. The Kier molecular flexibility index (Phi) is 2.93. The van der Waals surface area contributed by atoms with Gasteiger partial charge in [-0.2, -0.15) is 5.10 Å². The Hall–Kier alpha value is -1.06. The molecule has 0 bridgehead atoms. The molecular weight excluding hydrogens is 210 g/mol. The van der Waals surface area contributed by atoms with Crippen molar-refractivity contribution in [2.75, 3.05) is 6.54 Å². The van der Waals surface area contributed by atoms with Crippen molar-refractivity contribution in [2.45, 2.75) is 19.9 Å².